The normalized spacial score (nSPS) is 21.7. The average Bonchev–Trinajstić information content (AvgIpc) is 2.93. The van der Waals surface area contributed by atoms with E-state index in [0.29, 0.717) is 18.0 Å². The number of fused-ring (bicyclic) bond motifs is 4. The number of ether oxygens (including phenoxy) is 2. The summed E-state index contributed by atoms with van der Waals surface area (Å²) in [6, 6.07) is 6.91. The van der Waals surface area contributed by atoms with Crippen LogP contribution in [-0.4, -0.2) is 35.1 Å². The van der Waals surface area contributed by atoms with Gasteiger partial charge < -0.3 is 9.47 Å². The molecule has 0 spiro atoms. The molecule has 3 heterocycles. The van der Waals surface area contributed by atoms with Gasteiger partial charge in [-0.25, -0.2) is 9.97 Å². The molecule has 2 aliphatic rings. The molecule has 1 fully saturated rings. The lowest BCUT2D eigenvalue weighted by Crippen LogP contribution is -2.38. The molecular formula is C21H27N3O2. The molecule has 2 aromatic rings. The van der Waals surface area contributed by atoms with E-state index in [-0.39, 0.29) is 0 Å². The number of aromatic nitrogens is 2. The van der Waals surface area contributed by atoms with E-state index in [0.717, 1.165) is 35.9 Å². The fourth-order valence-corrected chi connectivity index (χ4v) is 4.38. The van der Waals surface area contributed by atoms with Crippen LogP contribution >= 0.6 is 0 Å². The van der Waals surface area contributed by atoms with E-state index < -0.39 is 0 Å². The highest BCUT2D eigenvalue weighted by Crippen LogP contribution is 2.45. The second-order valence-electron chi connectivity index (χ2n) is 7.55. The predicted molar refractivity (Wildman–Crippen MR) is 101 cm³/mol. The van der Waals surface area contributed by atoms with Crippen LogP contribution in [-0.2, 0) is 13.0 Å². The Bertz CT molecular complexity index is 784. The van der Waals surface area contributed by atoms with Crippen molar-refractivity contribution in [3.05, 3.63) is 47.0 Å². The van der Waals surface area contributed by atoms with Gasteiger partial charge in [0, 0.05) is 42.7 Å². The van der Waals surface area contributed by atoms with Gasteiger partial charge >= 0.3 is 0 Å². The number of benzene rings is 1. The van der Waals surface area contributed by atoms with Crippen LogP contribution in [0.5, 0.6) is 11.5 Å². The van der Waals surface area contributed by atoms with Gasteiger partial charge in [-0.2, -0.15) is 0 Å². The smallest absolute Gasteiger partial charge is 0.131 e. The van der Waals surface area contributed by atoms with Crippen LogP contribution in [0.25, 0.3) is 0 Å². The van der Waals surface area contributed by atoms with Crippen molar-refractivity contribution < 1.29 is 9.47 Å². The highest BCUT2D eigenvalue weighted by molar-refractivity contribution is 5.45. The van der Waals surface area contributed by atoms with E-state index >= 15 is 0 Å². The Morgan fingerprint density at radius 2 is 1.88 bits per heavy atom. The van der Waals surface area contributed by atoms with E-state index in [9.17, 15) is 0 Å². The lowest BCUT2D eigenvalue weighted by atomic mass is 9.97. The SMILES string of the molecule is COc1cccc(OC)c1CN1[C@H]2CC[C@@H]1c1cnc(C(C)C)nc1C2. The van der Waals surface area contributed by atoms with Gasteiger partial charge in [0.1, 0.15) is 17.3 Å². The van der Waals surface area contributed by atoms with Gasteiger partial charge in [-0.05, 0) is 25.0 Å². The quantitative estimate of drug-likeness (QED) is 0.816. The van der Waals surface area contributed by atoms with Crippen LogP contribution in [0.2, 0.25) is 0 Å². The zero-order valence-electron chi connectivity index (χ0n) is 16.0. The Morgan fingerprint density at radius 1 is 1.15 bits per heavy atom. The van der Waals surface area contributed by atoms with Crippen molar-refractivity contribution >= 4 is 0 Å². The topological polar surface area (TPSA) is 47.5 Å². The second kappa shape index (κ2) is 6.88. The summed E-state index contributed by atoms with van der Waals surface area (Å²) < 4.78 is 11.2. The third kappa shape index (κ3) is 2.84. The summed E-state index contributed by atoms with van der Waals surface area (Å²) >= 11 is 0. The maximum Gasteiger partial charge on any atom is 0.131 e. The van der Waals surface area contributed by atoms with E-state index in [1.165, 1.54) is 24.1 Å². The fraction of sp³-hybridized carbons (Fsp3) is 0.524. The summed E-state index contributed by atoms with van der Waals surface area (Å²) in [6.07, 6.45) is 5.44. The van der Waals surface area contributed by atoms with Crippen LogP contribution in [0.1, 0.15) is 61.3 Å². The van der Waals surface area contributed by atoms with E-state index in [1.807, 2.05) is 18.2 Å². The summed E-state index contributed by atoms with van der Waals surface area (Å²) in [5, 5.41) is 0. The van der Waals surface area contributed by atoms with Crippen LogP contribution in [0, 0.1) is 0 Å². The Balaban J connectivity index is 1.67. The van der Waals surface area contributed by atoms with Crippen LogP contribution < -0.4 is 9.47 Å². The molecule has 0 unspecified atom stereocenters. The first kappa shape index (κ1) is 17.3. The summed E-state index contributed by atoms with van der Waals surface area (Å²) in [4.78, 5) is 12.1. The summed E-state index contributed by atoms with van der Waals surface area (Å²) in [7, 11) is 3.44. The number of nitrogens with zero attached hydrogens (tertiary/aromatic N) is 3. The van der Waals surface area contributed by atoms with Gasteiger partial charge in [0.2, 0.25) is 0 Å². The summed E-state index contributed by atoms with van der Waals surface area (Å²) in [5.41, 5.74) is 3.68. The minimum Gasteiger partial charge on any atom is -0.496 e. The lowest BCUT2D eigenvalue weighted by molar-refractivity contribution is 0.162. The van der Waals surface area contributed by atoms with Crippen LogP contribution in [0.15, 0.2) is 24.4 Å². The van der Waals surface area contributed by atoms with Crippen molar-refractivity contribution in [1.29, 1.82) is 0 Å². The van der Waals surface area contributed by atoms with Crippen LogP contribution in [0.4, 0.5) is 0 Å². The Kier molecular flexibility index (Phi) is 4.57. The Hall–Kier alpha value is -2.14. The maximum absolute atomic E-state index is 5.60. The Labute approximate surface area is 155 Å². The molecular weight excluding hydrogens is 326 g/mol. The summed E-state index contributed by atoms with van der Waals surface area (Å²) in [5.74, 6) is 3.11. The highest BCUT2D eigenvalue weighted by atomic mass is 16.5. The molecule has 26 heavy (non-hydrogen) atoms. The monoisotopic (exact) mass is 353 g/mol. The minimum atomic E-state index is 0.369. The highest BCUT2D eigenvalue weighted by Gasteiger charge is 2.41. The average molecular weight is 353 g/mol. The van der Waals surface area contributed by atoms with Gasteiger partial charge in [-0.3, -0.25) is 4.90 Å². The zero-order chi connectivity index (χ0) is 18.3. The molecule has 138 valence electrons. The Morgan fingerprint density at radius 3 is 2.54 bits per heavy atom. The molecule has 0 aliphatic carbocycles. The lowest BCUT2D eigenvalue weighted by Gasteiger charge is -2.36. The number of hydrogen-bond acceptors (Lipinski definition) is 5. The van der Waals surface area contributed by atoms with Gasteiger partial charge in [-0.15, -0.1) is 0 Å². The van der Waals surface area contributed by atoms with Crippen molar-refractivity contribution in [1.82, 2.24) is 14.9 Å². The standard InChI is InChI=1S/C21H27N3O2/c1-13(2)21-22-11-15-17(23-21)10-14-8-9-18(15)24(14)12-16-19(25-3)6-5-7-20(16)26-4/h5-7,11,13-14,18H,8-10,12H2,1-4H3/t14-,18+/m0/s1. The minimum absolute atomic E-state index is 0.369. The molecule has 2 bridgehead atoms. The molecule has 4 rings (SSSR count). The predicted octanol–water partition coefficient (Wildman–Crippen LogP) is 3.88. The molecule has 0 amide bonds. The molecule has 1 saturated heterocycles. The molecule has 1 aromatic heterocycles. The number of hydrogen-bond donors (Lipinski definition) is 0. The molecule has 1 aromatic carbocycles. The van der Waals surface area contributed by atoms with Crippen molar-refractivity contribution in [3.63, 3.8) is 0 Å². The van der Waals surface area contributed by atoms with Crippen molar-refractivity contribution in [2.75, 3.05) is 14.2 Å². The molecule has 5 nitrogen and oxygen atoms in total. The van der Waals surface area contributed by atoms with Crippen molar-refractivity contribution in [2.24, 2.45) is 0 Å². The van der Waals surface area contributed by atoms with Gasteiger partial charge in [-0.1, -0.05) is 19.9 Å². The van der Waals surface area contributed by atoms with Crippen LogP contribution in [0.3, 0.4) is 0 Å². The van der Waals surface area contributed by atoms with Gasteiger partial charge in [0.15, 0.2) is 0 Å². The number of methoxy groups -OCH3 is 2. The first-order valence-electron chi connectivity index (χ1n) is 9.43. The number of rotatable bonds is 5. The van der Waals surface area contributed by atoms with E-state index in [1.54, 1.807) is 14.2 Å². The zero-order valence-corrected chi connectivity index (χ0v) is 16.0. The van der Waals surface area contributed by atoms with Gasteiger partial charge in [0.05, 0.1) is 25.5 Å². The molecule has 0 radical (unpaired) electrons. The third-order valence-corrected chi connectivity index (χ3v) is 5.74. The summed E-state index contributed by atoms with van der Waals surface area (Å²) in [6.45, 7) is 5.13. The fourth-order valence-electron chi connectivity index (χ4n) is 4.38. The molecule has 0 N–H and O–H groups in total. The van der Waals surface area contributed by atoms with E-state index in [2.05, 4.69) is 29.9 Å². The second-order valence-corrected chi connectivity index (χ2v) is 7.55. The van der Waals surface area contributed by atoms with E-state index in [4.69, 9.17) is 14.5 Å². The first-order valence-corrected chi connectivity index (χ1v) is 9.43. The van der Waals surface area contributed by atoms with Crippen molar-refractivity contribution in [2.45, 2.75) is 57.7 Å². The molecule has 2 atom stereocenters. The van der Waals surface area contributed by atoms with Gasteiger partial charge in [0.25, 0.3) is 0 Å². The molecule has 5 heteroatoms. The maximum atomic E-state index is 5.60. The largest absolute Gasteiger partial charge is 0.496 e. The molecule has 0 saturated carbocycles. The van der Waals surface area contributed by atoms with Crippen molar-refractivity contribution in [3.8, 4) is 11.5 Å². The third-order valence-electron chi connectivity index (χ3n) is 5.74. The first-order chi connectivity index (χ1) is 12.6. The molecule has 2 aliphatic heterocycles.